The normalized spacial score (nSPS) is 18.2. The Hall–Kier alpha value is -1.81. The number of carbonyl (C=O) groups is 1. The predicted molar refractivity (Wildman–Crippen MR) is 75.9 cm³/mol. The number of rotatable bonds is 4. The minimum absolute atomic E-state index is 0.0370. The zero-order valence-corrected chi connectivity index (χ0v) is 11.1. The van der Waals surface area contributed by atoms with Crippen LogP contribution in [0, 0.1) is 5.92 Å². The van der Waals surface area contributed by atoms with E-state index in [1.165, 1.54) is 0 Å². The predicted octanol–water partition coefficient (Wildman–Crippen LogP) is 2.03. The Balaban J connectivity index is 1.89. The average Bonchev–Trinajstić information content (AvgIpc) is 3.16. The zero-order valence-electron chi connectivity index (χ0n) is 11.1. The number of amides is 1. The summed E-state index contributed by atoms with van der Waals surface area (Å²) < 4.78 is 0. The lowest BCUT2D eigenvalue weighted by atomic mass is 9.95. The summed E-state index contributed by atoms with van der Waals surface area (Å²) in [6, 6.07) is 7.65. The van der Waals surface area contributed by atoms with Crippen molar-refractivity contribution in [3.63, 3.8) is 0 Å². The van der Waals surface area contributed by atoms with Crippen molar-refractivity contribution < 1.29 is 4.79 Å². The molecule has 1 aliphatic rings. The Labute approximate surface area is 112 Å². The lowest BCUT2D eigenvalue weighted by Gasteiger charge is -2.29. The van der Waals surface area contributed by atoms with Gasteiger partial charge in [0.15, 0.2) is 0 Å². The molecule has 1 amide bonds. The van der Waals surface area contributed by atoms with E-state index in [-0.39, 0.29) is 11.4 Å². The quantitative estimate of drug-likeness (QED) is 0.784. The number of H-pyrrole nitrogens is 1. The third kappa shape index (κ3) is 2.12. The van der Waals surface area contributed by atoms with Gasteiger partial charge in [0, 0.05) is 29.2 Å². The smallest absolute Gasteiger partial charge is 0.252 e. The summed E-state index contributed by atoms with van der Waals surface area (Å²) in [5, 5.41) is 4.08. The Kier molecular flexibility index (Phi) is 2.82. The van der Waals surface area contributed by atoms with Gasteiger partial charge in [-0.25, -0.2) is 0 Å². The second-order valence-corrected chi connectivity index (χ2v) is 5.59. The number of hydrogen-bond donors (Lipinski definition) is 3. The van der Waals surface area contributed by atoms with Gasteiger partial charge in [0.2, 0.25) is 0 Å². The van der Waals surface area contributed by atoms with Gasteiger partial charge in [0.25, 0.3) is 5.91 Å². The summed E-state index contributed by atoms with van der Waals surface area (Å²) >= 11 is 0. The topological polar surface area (TPSA) is 70.9 Å². The van der Waals surface area contributed by atoms with Crippen molar-refractivity contribution in [3.8, 4) is 0 Å². The van der Waals surface area contributed by atoms with E-state index in [1.54, 1.807) is 0 Å². The van der Waals surface area contributed by atoms with Gasteiger partial charge in [0.05, 0.1) is 5.54 Å². The van der Waals surface area contributed by atoms with E-state index in [2.05, 4.69) is 10.3 Å². The molecule has 1 saturated carbocycles. The molecule has 4 heteroatoms. The van der Waals surface area contributed by atoms with E-state index in [4.69, 9.17) is 5.73 Å². The van der Waals surface area contributed by atoms with Crippen LogP contribution in [0.2, 0.25) is 0 Å². The molecular weight excluding hydrogens is 238 g/mol. The van der Waals surface area contributed by atoms with Crippen molar-refractivity contribution in [2.45, 2.75) is 25.3 Å². The molecule has 100 valence electrons. The molecule has 1 fully saturated rings. The zero-order chi connectivity index (χ0) is 13.5. The van der Waals surface area contributed by atoms with Crippen LogP contribution in [-0.2, 0) is 0 Å². The Bertz CT molecular complexity index is 615. The van der Waals surface area contributed by atoms with Crippen LogP contribution in [0.4, 0.5) is 0 Å². The molecule has 4 N–H and O–H groups in total. The van der Waals surface area contributed by atoms with Crippen LogP contribution in [0.3, 0.4) is 0 Å². The second-order valence-electron chi connectivity index (χ2n) is 5.59. The number of aromatic amines is 1. The van der Waals surface area contributed by atoms with E-state index in [0.717, 1.165) is 23.7 Å². The molecule has 19 heavy (non-hydrogen) atoms. The first-order chi connectivity index (χ1) is 9.14. The summed E-state index contributed by atoms with van der Waals surface area (Å²) in [7, 11) is 0. The molecule has 0 bridgehead atoms. The molecule has 1 atom stereocenters. The second kappa shape index (κ2) is 4.38. The van der Waals surface area contributed by atoms with E-state index < -0.39 is 0 Å². The number of fused-ring (bicyclic) bond motifs is 1. The molecule has 1 aromatic carbocycles. The number of nitrogens with one attached hydrogen (secondary N) is 2. The van der Waals surface area contributed by atoms with Gasteiger partial charge in [-0.05, 0) is 43.9 Å². The molecule has 1 heterocycles. The van der Waals surface area contributed by atoms with Crippen molar-refractivity contribution in [2.75, 3.05) is 6.54 Å². The van der Waals surface area contributed by atoms with Gasteiger partial charge in [-0.2, -0.15) is 0 Å². The third-order valence-corrected chi connectivity index (χ3v) is 4.14. The van der Waals surface area contributed by atoms with Crippen molar-refractivity contribution in [1.82, 2.24) is 10.3 Å². The van der Waals surface area contributed by atoms with Crippen LogP contribution >= 0.6 is 0 Å². The van der Waals surface area contributed by atoms with E-state index in [9.17, 15) is 4.79 Å². The lowest BCUT2D eigenvalue weighted by molar-refractivity contribution is 0.0899. The number of benzene rings is 1. The number of nitrogens with two attached hydrogens (primary N) is 1. The fraction of sp³-hybridized carbons (Fsp3) is 0.400. The van der Waals surface area contributed by atoms with Crippen LogP contribution < -0.4 is 11.1 Å². The van der Waals surface area contributed by atoms with Crippen LogP contribution in [0.1, 0.15) is 30.1 Å². The molecule has 1 aromatic heterocycles. The van der Waals surface area contributed by atoms with Crippen LogP contribution in [-0.4, -0.2) is 23.0 Å². The highest BCUT2D eigenvalue weighted by molar-refractivity contribution is 6.06. The number of hydrogen-bond acceptors (Lipinski definition) is 2. The molecule has 0 radical (unpaired) electrons. The molecular formula is C15H19N3O. The standard InChI is InChI=1S/C15H19N3O/c1-15(9-16,10-5-6-10)18-14(19)12-3-2-4-13-11(12)7-8-17-13/h2-4,7-8,10,17H,5-6,9,16H2,1H3,(H,18,19). The van der Waals surface area contributed by atoms with Gasteiger partial charge in [-0.1, -0.05) is 6.07 Å². The molecule has 3 rings (SSSR count). The summed E-state index contributed by atoms with van der Waals surface area (Å²) in [4.78, 5) is 15.6. The fourth-order valence-electron chi connectivity index (χ4n) is 2.65. The molecule has 0 spiro atoms. The first-order valence-corrected chi connectivity index (χ1v) is 6.73. The van der Waals surface area contributed by atoms with Gasteiger partial charge in [-0.15, -0.1) is 0 Å². The van der Waals surface area contributed by atoms with E-state index >= 15 is 0 Å². The molecule has 0 saturated heterocycles. The summed E-state index contributed by atoms with van der Waals surface area (Å²) in [6.07, 6.45) is 4.16. The molecule has 0 aliphatic heterocycles. The highest BCUT2D eigenvalue weighted by Crippen LogP contribution is 2.39. The Morgan fingerprint density at radius 1 is 1.47 bits per heavy atom. The molecule has 1 aliphatic carbocycles. The average molecular weight is 257 g/mol. The lowest BCUT2D eigenvalue weighted by Crippen LogP contribution is -2.53. The van der Waals surface area contributed by atoms with Crippen molar-refractivity contribution >= 4 is 16.8 Å². The summed E-state index contributed by atoms with van der Waals surface area (Å²) in [6.45, 7) is 2.52. The first-order valence-electron chi connectivity index (χ1n) is 6.73. The van der Waals surface area contributed by atoms with Crippen molar-refractivity contribution in [1.29, 1.82) is 0 Å². The monoisotopic (exact) mass is 257 g/mol. The highest BCUT2D eigenvalue weighted by atomic mass is 16.1. The Morgan fingerprint density at radius 3 is 2.95 bits per heavy atom. The van der Waals surface area contributed by atoms with E-state index in [1.807, 2.05) is 37.4 Å². The largest absolute Gasteiger partial charge is 0.361 e. The van der Waals surface area contributed by atoms with Gasteiger partial charge < -0.3 is 16.0 Å². The van der Waals surface area contributed by atoms with Crippen LogP contribution in [0.25, 0.3) is 10.9 Å². The van der Waals surface area contributed by atoms with Gasteiger partial charge >= 0.3 is 0 Å². The number of aromatic nitrogens is 1. The van der Waals surface area contributed by atoms with Crippen LogP contribution in [0.15, 0.2) is 30.5 Å². The minimum atomic E-state index is -0.282. The fourth-order valence-corrected chi connectivity index (χ4v) is 2.65. The van der Waals surface area contributed by atoms with Crippen molar-refractivity contribution in [2.24, 2.45) is 11.7 Å². The molecule has 1 unspecified atom stereocenters. The first kappa shape index (κ1) is 12.2. The highest BCUT2D eigenvalue weighted by Gasteiger charge is 2.41. The molecule has 2 aromatic rings. The van der Waals surface area contributed by atoms with Crippen molar-refractivity contribution in [3.05, 3.63) is 36.0 Å². The maximum absolute atomic E-state index is 12.5. The van der Waals surface area contributed by atoms with Crippen LogP contribution in [0.5, 0.6) is 0 Å². The van der Waals surface area contributed by atoms with E-state index in [0.29, 0.717) is 18.0 Å². The number of carbonyl (C=O) groups excluding carboxylic acids is 1. The Morgan fingerprint density at radius 2 is 2.26 bits per heavy atom. The summed E-state index contributed by atoms with van der Waals surface area (Å²) in [5.41, 5.74) is 7.25. The van der Waals surface area contributed by atoms with Gasteiger partial charge in [-0.3, -0.25) is 4.79 Å². The molecule has 4 nitrogen and oxygen atoms in total. The SMILES string of the molecule is CC(CN)(NC(=O)c1cccc2[nH]ccc12)C1CC1. The maximum atomic E-state index is 12.5. The minimum Gasteiger partial charge on any atom is -0.361 e. The van der Waals surface area contributed by atoms with Gasteiger partial charge in [0.1, 0.15) is 0 Å². The third-order valence-electron chi connectivity index (χ3n) is 4.14. The maximum Gasteiger partial charge on any atom is 0.252 e. The summed E-state index contributed by atoms with van der Waals surface area (Å²) in [5.74, 6) is 0.483.